The van der Waals surface area contributed by atoms with Gasteiger partial charge in [0.15, 0.2) is 0 Å². The van der Waals surface area contributed by atoms with Crippen LogP contribution in [0, 0.1) is 0 Å². The maximum atomic E-state index is 11.3. The molecule has 2 aliphatic carbocycles. The van der Waals surface area contributed by atoms with E-state index in [-0.39, 0.29) is 5.97 Å². The molecule has 0 atom stereocenters. The van der Waals surface area contributed by atoms with Gasteiger partial charge in [-0.15, -0.1) is 12.6 Å². The lowest BCUT2D eigenvalue weighted by Crippen LogP contribution is -2.30. The fourth-order valence-corrected chi connectivity index (χ4v) is 5.01. The third-order valence-corrected chi connectivity index (χ3v) is 7.22. The lowest BCUT2D eigenvalue weighted by atomic mass is 10.0. The molecule has 37 heavy (non-hydrogen) atoms. The van der Waals surface area contributed by atoms with Crippen LogP contribution in [0.5, 0.6) is 0 Å². The predicted octanol–water partition coefficient (Wildman–Crippen LogP) is 6.07. The van der Waals surface area contributed by atoms with Gasteiger partial charge in [-0.25, -0.2) is 4.79 Å². The number of esters is 1. The van der Waals surface area contributed by atoms with Crippen molar-refractivity contribution in [1.29, 1.82) is 0 Å². The first-order chi connectivity index (χ1) is 17.8. The molecule has 202 valence electrons. The maximum absolute atomic E-state index is 11.3. The van der Waals surface area contributed by atoms with Gasteiger partial charge in [0.05, 0.1) is 16.7 Å². The summed E-state index contributed by atoms with van der Waals surface area (Å²) in [5, 5.41) is 5.54. The summed E-state index contributed by atoms with van der Waals surface area (Å²) in [6.07, 6.45) is 6.40. The average molecular weight is 568 g/mol. The summed E-state index contributed by atoms with van der Waals surface area (Å²) in [6, 6.07) is 5.51. The highest BCUT2D eigenvalue weighted by Gasteiger charge is 2.33. The molecule has 1 aromatic heterocycles. The lowest BCUT2D eigenvalue weighted by molar-refractivity contribution is -0.138. The molecule has 4 N–H and O–H groups in total. The highest BCUT2D eigenvalue weighted by atomic mass is 35.5. The van der Waals surface area contributed by atoms with E-state index in [1.54, 1.807) is 13.0 Å². The number of benzene rings is 1. The Balaban J connectivity index is 0.000000248. The minimum Gasteiger partial charge on any atom is -0.463 e. The molecular formula is C27H36Cl2N4O3S. The topological polar surface area (TPSA) is 108 Å². The summed E-state index contributed by atoms with van der Waals surface area (Å²) in [5.74, 6) is 1.20. The molecule has 0 bridgehead atoms. The van der Waals surface area contributed by atoms with E-state index in [4.69, 9.17) is 43.9 Å². The summed E-state index contributed by atoms with van der Waals surface area (Å²) >= 11 is 16.9. The number of hydrogen-bond donors (Lipinski definition) is 3. The summed E-state index contributed by atoms with van der Waals surface area (Å²) in [5.41, 5.74) is 15.4. The highest BCUT2D eigenvalue weighted by molar-refractivity contribution is 7.84. The molecule has 2 aliphatic rings. The number of halogens is 2. The molecule has 4 rings (SSSR count). The second kappa shape index (κ2) is 14.3. The van der Waals surface area contributed by atoms with E-state index in [0.717, 1.165) is 67.2 Å². The van der Waals surface area contributed by atoms with Crippen LogP contribution in [-0.4, -0.2) is 42.3 Å². The van der Waals surface area contributed by atoms with E-state index < -0.39 is 0 Å². The van der Waals surface area contributed by atoms with Crippen molar-refractivity contribution in [2.45, 2.75) is 58.4 Å². The molecule has 1 aromatic carbocycles. The minimum absolute atomic E-state index is 0.262. The van der Waals surface area contributed by atoms with Crippen molar-refractivity contribution in [3.05, 3.63) is 61.8 Å². The molecule has 10 heteroatoms. The molecule has 7 nitrogen and oxygen atoms in total. The van der Waals surface area contributed by atoms with Crippen molar-refractivity contribution in [3.63, 3.8) is 0 Å². The Morgan fingerprint density at radius 1 is 1.22 bits per heavy atom. The summed E-state index contributed by atoms with van der Waals surface area (Å²) in [4.78, 5) is 14.3. The van der Waals surface area contributed by atoms with Crippen LogP contribution in [0.3, 0.4) is 0 Å². The number of carbonyl (C=O) groups excluding carboxylic acids is 1. The average Bonchev–Trinajstić information content (AvgIpc) is 3.63. The number of allylic oxidation sites excluding steroid dienone is 2. The number of rotatable bonds is 10. The molecule has 0 saturated heterocycles. The van der Waals surface area contributed by atoms with Gasteiger partial charge in [0.1, 0.15) is 11.5 Å². The zero-order chi connectivity index (χ0) is 26.9. The van der Waals surface area contributed by atoms with Crippen LogP contribution >= 0.6 is 35.8 Å². The Morgan fingerprint density at radius 3 is 2.49 bits per heavy atom. The van der Waals surface area contributed by atoms with E-state index in [0.29, 0.717) is 52.4 Å². The van der Waals surface area contributed by atoms with E-state index >= 15 is 0 Å². The molecular weight excluding hydrogens is 531 g/mol. The van der Waals surface area contributed by atoms with Crippen LogP contribution in [0.4, 0.5) is 0 Å². The monoisotopic (exact) mass is 566 g/mol. The van der Waals surface area contributed by atoms with Gasteiger partial charge < -0.3 is 20.7 Å². The van der Waals surface area contributed by atoms with Gasteiger partial charge in [-0.1, -0.05) is 41.3 Å². The number of ether oxygens (including phenoxy) is 1. The van der Waals surface area contributed by atoms with Crippen molar-refractivity contribution >= 4 is 41.8 Å². The van der Waals surface area contributed by atoms with Gasteiger partial charge in [-0.3, -0.25) is 4.90 Å². The van der Waals surface area contributed by atoms with Crippen LogP contribution in [0.25, 0.3) is 11.3 Å². The SMILES string of the molecule is CCCN(CCN)Cc1c(-c2c(Cl)cccc2Cl)noc1C1CC1.CCOC(=O)C1=CC(S)=C(N)CC1. The highest BCUT2D eigenvalue weighted by Crippen LogP contribution is 2.46. The van der Waals surface area contributed by atoms with Crippen molar-refractivity contribution in [2.24, 2.45) is 11.5 Å². The van der Waals surface area contributed by atoms with Gasteiger partial charge >= 0.3 is 5.97 Å². The number of nitrogens with zero attached hydrogens (tertiary/aromatic N) is 2. The summed E-state index contributed by atoms with van der Waals surface area (Å²) < 4.78 is 10.6. The fourth-order valence-electron chi connectivity index (χ4n) is 4.17. The van der Waals surface area contributed by atoms with E-state index in [2.05, 4.69) is 29.6 Å². The van der Waals surface area contributed by atoms with E-state index in [9.17, 15) is 4.79 Å². The van der Waals surface area contributed by atoms with Crippen molar-refractivity contribution in [3.8, 4) is 11.3 Å². The normalized spacial score (nSPS) is 15.4. The van der Waals surface area contributed by atoms with Crippen LogP contribution in [-0.2, 0) is 16.1 Å². The third kappa shape index (κ3) is 8.01. The second-order valence-electron chi connectivity index (χ2n) is 9.11. The Labute approximate surface area is 234 Å². The Hall–Kier alpha value is -1.97. The molecule has 1 saturated carbocycles. The smallest absolute Gasteiger partial charge is 0.334 e. The van der Waals surface area contributed by atoms with E-state index in [1.807, 2.05) is 18.2 Å². The van der Waals surface area contributed by atoms with Crippen molar-refractivity contribution in [1.82, 2.24) is 10.1 Å². The molecule has 1 heterocycles. The zero-order valence-electron chi connectivity index (χ0n) is 21.4. The molecule has 0 spiro atoms. The number of nitrogens with two attached hydrogens (primary N) is 2. The Kier molecular flexibility index (Phi) is 11.4. The van der Waals surface area contributed by atoms with Crippen molar-refractivity contribution in [2.75, 3.05) is 26.2 Å². The largest absolute Gasteiger partial charge is 0.463 e. The summed E-state index contributed by atoms with van der Waals surface area (Å²) in [6.45, 7) is 7.58. The van der Waals surface area contributed by atoms with Gasteiger partial charge in [0, 0.05) is 52.9 Å². The van der Waals surface area contributed by atoms with Crippen LogP contribution in [0.1, 0.15) is 63.2 Å². The predicted molar refractivity (Wildman–Crippen MR) is 153 cm³/mol. The van der Waals surface area contributed by atoms with Gasteiger partial charge in [-0.05, 0) is 63.8 Å². The minimum atomic E-state index is -0.262. The van der Waals surface area contributed by atoms with Gasteiger partial charge in [0.25, 0.3) is 0 Å². The molecule has 1 fully saturated rings. The standard InChI is InChI=1S/C18H23Cl2N3O.C9H13NO2S/c1-2-9-23(10-8-21)11-13-17(22-24-18(13)12-6-7-12)16-14(19)4-3-5-15(16)20;1-2-12-9(11)6-3-4-7(10)8(13)5-6/h3-5,12H,2,6-11,21H2,1H3;5,13H,2-4,10H2,1H3. The first-order valence-electron chi connectivity index (χ1n) is 12.7. The third-order valence-electron chi connectivity index (χ3n) is 6.17. The van der Waals surface area contributed by atoms with Crippen LogP contribution in [0.2, 0.25) is 10.0 Å². The fraction of sp³-hybridized carbons (Fsp3) is 0.481. The second-order valence-corrected chi connectivity index (χ2v) is 10.4. The number of carbonyl (C=O) groups is 1. The first-order valence-corrected chi connectivity index (χ1v) is 13.9. The van der Waals surface area contributed by atoms with E-state index in [1.165, 1.54) is 0 Å². The lowest BCUT2D eigenvalue weighted by Gasteiger charge is -2.21. The number of aromatic nitrogens is 1. The zero-order valence-corrected chi connectivity index (χ0v) is 23.8. The number of hydrogen-bond acceptors (Lipinski definition) is 8. The van der Waals surface area contributed by atoms with Crippen LogP contribution in [0.15, 0.2) is 45.0 Å². The van der Waals surface area contributed by atoms with Gasteiger partial charge in [0.2, 0.25) is 0 Å². The molecule has 0 aliphatic heterocycles. The Bertz CT molecular complexity index is 1120. The van der Waals surface area contributed by atoms with Crippen LogP contribution < -0.4 is 11.5 Å². The summed E-state index contributed by atoms with van der Waals surface area (Å²) in [7, 11) is 0. The number of thiol groups is 1. The van der Waals surface area contributed by atoms with Crippen molar-refractivity contribution < 1.29 is 14.1 Å². The molecule has 0 amide bonds. The quantitative estimate of drug-likeness (QED) is 0.236. The molecule has 0 radical (unpaired) electrons. The molecule has 0 unspecified atom stereocenters. The maximum Gasteiger partial charge on any atom is 0.334 e. The van der Waals surface area contributed by atoms with Gasteiger partial charge in [-0.2, -0.15) is 0 Å². The first kappa shape index (κ1) is 29.6. The Morgan fingerprint density at radius 2 is 1.92 bits per heavy atom. The molecule has 2 aromatic rings.